The smallest absolute Gasteiger partial charge is 0.410 e. The van der Waals surface area contributed by atoms with Crippen molar-refractivity contribution in [2.45, 2.75) is 56.7 Å². The number of piperazine rings is 1. The molecule has 0 bridgehead atoms. The molecule has 0 spiro atoms. The van der Waals surface area contributed by atoms with Crippen molar-refractivity contribution in [3.8, 4) is 5.75 Å². The van der Waals surface area contributed by atoms with Gasteiger partial charge in [0.1, 0.15) is 5.75 Å². The number of ether oxygens (including phenoxy) is 2. The second-order valence-electron chi connectivity index (χ2n) is 12.4. The predicted octanol–water partition coefficient (Wildman–Crippen LogP) is 4.84. The van der Waals surface area contributed by atoms with E-state index >= 15 is 0 Å². The van der Waals surface area contributed by atoms with Crippen LogP contribution in [-0.4, -0.2) is 120 Å². The van der Waals surface area contributed by atoms with Gasteiger partial charge in [-0.05, 0) is 93.3 Å². The van der Waals surface area contributed by atoms with Crippen LogP contribution in [-0.2, 0) is 27.1 Å². The van der Waals surface area contributed by atoms with Crippen molar-refractivity contribution >= 4 is 55.6 Å². The summed E-state index contributed by atoms with van der Waals surface area (Å²) in [5, 5.41) is 13.3. The number of nitrogens with zero attached hydrogens (tertiary/aromatic N) is 4. The topological polar surface area (TPSA) is 115 Å². The van der Waals surface area contributed by atoms with Gasteiger partial charge in [-0.2, -0.15) is 0 Å². The normalized spacial score (nSPS) is 20.9. The highest BCUT2D eigenvalue weighted by Crippen LogP contribution is 2.34. The number of carbonyl (C=O) groups is 3. The second kappa shape index (κ2) is 14.9. The molecule has 6 rings (SSSR count). The number of aromatic hydroxyl groups is 1. The molecule has 2 aromatic carbocycles. The molecule has 46 heavy (non-hydrogen) atoms. The van der Waals surface area contributed by atoms with Crippen LogP contribution < -0.4 is 5.32 Å². The third kappa shape index (κ3) is 7.64. The molecule has 4 amide bonds. The van der Waals surface area contributed by atoms with E-state index in [-0.39, 0.29) is 30.2 Å². The molecule has 13 heteroatoms. The number of anilines is 1. The first-order valence-electron chi connectivity index (χ1n) is 16.2. The monoisotopic (exact) mass is 761 g/mol. The van der Waals surface area contributed by atoms with Gasteiger partial charge in [0.05, 0.1) is 8.95 Å². The van der Waals surface area contributed by atoms with Gasteiger partial charge in [-0.25, -0.2) is 9.59 Å². The molecular formula is C33H41Br2N5O6. The van der Waals surface area contributed by atoms with E-state index < -0.39 is 12.2 Å². The number of phenolic OH excluding ortho intramolecular Hbond substituents is 1. The number of phenols is 1. The number of rotatable bonds is 6. The average molecular weight is 764 g/mol. The van der Waals surface area contributed by atoms with Crippen LogP contribution in [0, 0.1) is 0 Å². The van der Waals surface area contributed by atoms with Gasteiger partial charge in [0.15, 0.2) is 6.10 Å². The van der Waals surface area contributed by atoms with Crippen molar-refractivity contribution in [2.75, 3.05) is 64.3 Å². The van der Waals surface area contributed by atoms with Gasteiger partial charge in [-0.15, -0.1) is 0 Å². The summed E-state index contributed by atoms with van der Waals surface area (Å²) in [5.41, 5.74) is 2.72. The Morgan fingerprint density at radius 3 is 2.28 bits per heavy atom. The van der Waals surface area contributed by atoms with Crippen LogP contribution in [0.2, 0.25) is 0 Å². The zero-order chi connectivity index (χ0) is 32.2. The lowest BCUT2D eigenvalue weighted by molar-refractivity contribution is -0.143. The summed E-state index contributed by atoms with van der Waals surface area (Å²) in [6.07, 6.45) is 2.67. The third-order valence-electron chi connectivity index (χ3n) is 9.65. The molecule has 11 nitrogen and oxygen atoms in total. The number of carbonyl (C=O) groups excluding carboxylic acids is 3. The van der Waals surface area contributed by atoms with Crippen molar-refractivity contribution in [1.82, 2.24) is 19.6 Å². The van der Waals surface area contributed by atoms with Crippen LogP contribution in [0.1, 0.15) is 36.8 Å². The fourth-order valence-corrected chi connectivity index (χ4v) is 8.27. The molecule has 2 N–H and O–H groups in total. The van der Waals surface area contributed by atoms with Gasteiger partial charge in [0.2, 0.25) is 0 Å². The van der Waals surface area contributed by atoms with Crippen molar-refractivity contribution in [3.05, 3.63) is 56.5 Å². The van der Waals surface area contributed by atoms with E-state index in [4.69, 9.17) is 9.47 Å². The Labute approximate surface area is 286 Å². The highest BCUT2D eigenvalue weighted by Gasteiger charge is 2.36. The van der Waals surface area contributed by atoms with E-state index in [0.29, 0.717) is 60.6 Å². The first-order valence-corrected chi connectivity index (χ1v) is 17.7. The summed E-state index contributed by atoms with van der Waals surface area (Å²) in [6, 6.07) is 11.7. The van der Waals surface area contributed by atoms with Gasteiger partial charge in [0, 0.05) is 83.2 Å². The van der Waals surface area contributed by atoms with Crippen LogP contribution in [0.5, 0.6) is 5.75 Å². The lowest BCUT2D eigenvalue weighted by Crippen LogP contribution is -2.56. The van der Waals surface area contributed by atoms with Crippen LogP contribution in [0.15, 0.2) is 45.3 Å². The summed E-state index contributed by atoms with van der Waals surface area (Å²) in [5.74, 6) is -0.145. The number of amides is 4. The van der Waals surface area contributed by atoms with Crippen molar-refractivity contribution in [2.24, 2.45) is 0 Å². The fourth-order valence-electron chi connectivity index (χ4n) is 6.99. The fraction of sp³-hybridized carbons (Fsp3) is 0.545. The molecule has 0 aliphatic carbocycles. The predicted molar refractivity (Wildman–Crippen MR) is 180 cm³/mol. The standard InChI is InChI=1S/C33H41Br2N5O6/c34-26-19-22(20-27(35)30(26)41)21-29(31(42)38-15-13-37(14-16-38)24-8-17-45-18-9-24)46-33(44)39-10-6-25(7-11-39)40-12-5-23-3-1-2-4-28(23)36-32(40)43/h1-4,19-20,24-25,29,41H,5-18,21H2,(H,36,43)/t29-/m1/s1. The van der Waals surface area contributed by atoms with Crippen LogP contribution in [0.3, 0.4) is 0 Å². The molecule has 3 fully saturated rings. The number of fused-ring (bicyclic) bond motifs is 1. The van der Waals surface area contributed by atoms with Gasteiger partial charge in [-0.1, -0.05) is 18.2 Å². The van der Waals surface area contributed by atoms with Gasteiger partial charge in [0.25, 0.3) is 5.91 Å². The minimum Gasteiger partial charge on any atom is -0.506 e. The Morgan fingerprint density at radius 1 is 0.913 bits per heavy atom. The summed E-state index contributed by atoms with van der Waals surface area (Å²) in [7, 11) is 0. The molecule has 4 aliphatic rings. The molecule has 4 aliphatic heterocycles. The van der Waals surface area contributed by atoms with E-state index in [1.54, 1.807) is 21.9 Å². The van der Waals surface area contributed by atoms with Crippen molar-refractivity contribution in [1.29, 1.82) is 0 Å². The molecule has 4 heterocycles. The van der Waals surface area contributed by atoms with Crippen molar-refractivity contribution in [3.63, 3.8) is 0 Å². The molecule has 0 saturated carbocycles. The molecule has 3 saturated heterocycles. The highest BCUT2D eigenvalue weighted by atomic mass is 79.9. The summed E-state index contributed by atoms with van der Waals surface area (Å²) in [4.78, 5) is 48.3. The molecule has 0 aromatic heterocycles. The Kier molecular flexibility index (Phi) is 10.7. The molecular weight excluding hydrogens is 722 g/mol. The molecule has 2 aromatic rings. The zero-order valence-electron chi connectivity index (χ0n) is 25.8. The summed E-state index contributed by atoms with van der Waals surface area (Å²) < 4.78 is 12.5. The van der Waals surface area contributed by atoms with Crippen LogP contribution in [0.4, 0.5) is 15.3 Å². The number of hydrogen-bond donors (Lipinski definition) is 2. The van der Waals surface area contributed by atoms with E-state index in [1.807, 2.05) is 29.2 Å². The largest absolute Gasteiger partial charge is 0.506 e. The van der Waals surface area contributed by atoms with E-state index in [9.17, 15) is 19.5 Å². The van der Waals surface area contributed by atoms with Crippen LogP contribution in [0.25, 0.3) is 0 Å². The Bertz CT molecular complexity index is 1400. The lowest BCUT2D eigenvalue weighted by Gasteiger charge is -2.41. The number of halogens is 2. The summed E-state index contributed by atoms with van der Waals surface area (Å²) in [6.45, 7) is 5.72. The van der Waals surface area contributed by atoms with Crippen LogP contribution >= 0.6 is 31.9 Å². The van der Waals surface area contributed by atoms with E-state index in [1.165, 1.54) is 0 Å². The number of piperidine rings is 1. The SMILES string of the molecule is O=C(O[C@H](Cc1cc(Br)c(O)c(Br)c1)C(=O)N1CCN(C2CCOCC2)CC1)N1CCC(N2CCc3ccccc3NC2=O)CC1. The highest BCUT2D eigenvalue weighted by molar-refractivity contribution is 9.11. The molecule has 1 atom stereocenters. The number of benzene rings is 2. The van der Waals surface area contributed by atoms with Gasteiger partial charge >= 0.3 is 12.1 Å². The van der Waals surface area contributed by atoms with E-state index in [0.717, 1.165) is 62.4 Å². The number of hydrogen-bond acceptors (Lipinski definition) is 7. The zero-order valence-corrected chi connectivity index (χ0v) is 29.0. The quantitative estimate of drug-likeness (QED) is 0.433. The maximum absolute atomic E-state index is 13.9. The molecule has 0 radical (unpaired) electrons. The number of urea groups is 1. The third-order valence-corrected chi connectivity index (χ3v) is 10.9. The minimum absolute atomic E-state index is 0.00881. The number of likely N-dealkylation sites (tertiary alicyclic amines) is 1. The first kappa shape index (κ1) is 33.0. The second-order valence-corrected chi connectivity index (χ2v) is 14.1. The summed E-state index contributed by atoms with van der Waals surface area (Å²) >= 11 is 6.75. The van der Waals surface area contributed by atoms with Crippen molar-refractivity contribution < 1.29 is 29.0 Å². The Morgan fingerprint density at radius 2 is 1.59 bits per heavy atom. The van der Waals surface area contributed by atoms with E-state index in [2.05, 4.69) is 42.1 Å². The average Bonchev–Trinajstić information content (AvgIpc) is 3.25. The first-order chi connectivity index (χ1) is 22.3. The molecule has 0 unspecified atom stereocenters. The Hall–Kier alpha value is -2.87. The minimum atomic E-state index is -1.02. The number of nitrogens with one attached hydrogen (secondary N) is 1. The van der Waals surface area contributed by atoms with Gasteiger partial charge < -0.3 is 34.6 Å². The molecule has 248 valence electrons. The maximum atomic E-state index is 13.9. The maximum Gasteiger partial charge on any atom is 0.410 e. The lowest BCUT2D eigenvalue weighted by atomic mass is 10.0. The Balaban J connectivity index is 1.09. The van der Waals surface area contributed by atoms with Gasteiger partial charge in [-0.3, -0.25) is 9.69 Å². The number of para-hydroxylation sites is 1.